The van der Waals surface area contributed by atoms with E-state index in [4.69, 9.17) is 4.74 Å². The first-order chi connectivity index (χ1) is 9.65. The van der Waals surface area contributed by atoms with Gasteiger partial charge in [-0.25, -0.2) is 4.39 Å². The Hall–Kier alpha value is -1.88. The molecule has 0 fully saturated rings. The highest BCUT2D eigenvalue weighted by Gasteiger charge is 2.14. The molecule has 20 heavy (non-hydrogen) atoms. The molecule has 5 heteroatoms. The van der Waals surface area contributed by atoms with E-state index in [0.29, 0.717) is 12.3 Å². The van der Waals surface area contributed by atoms with Gasteiger partial charge in [0.05, 0.1) is 0 Å². The Kier molecular flexibility index (Phi) is 5.12. The molecule has 0 spiro atoms. The molecular weight excluding hydrogens is 277 g/mol. The molecule has 0 bridgehead atoms. The summed E-state index contributed by atoms with van der Waals surface area (Å²) in [5.41, 5.74) is 0. The van der Waals surface area contributed by atoms with Gasteiger partial charge >= 0.3 is 0 Å². The number of carbonyl (C=O) groups excluding carboxylic acids is 1. The summed E-state index contributed by atoms with van der Waals surface area (Å²) in [4.78, 5) is 13.1. The summed E-state index contributed by atoms with van der Waals surface area (Å²) in [7, 11) is 0. The molecule has 0 aliphatic carbocycles. The molecule has 3 nitrogen and oxygen atoms in total. The minimum atomic E-state index is -0.653. The third-order valence-electron chi connectivity index (χ3n) is 2.73. The molecule has 1 amide bonds. The van der Waals surface area contributed by atoms with Crippen LogP contribution in [0.3, 0.4) is 0 Å². The minimum absolute atomic E-state index is 0.203. The number of amides is 1. The Bertz CT molecular complexity index is 557. The second-order valence-electron chi connectivity index (χ2n) is 4.34. The molecule has 0 saturated carbocycles. The third-order valence-corrected chi connectivity index (χ3v) is 3.67. The van der Waals surface area contributed by atoms with Crippen molar-refractivity contribution >= 4 is 17.2 Å². The Labute approximate surface area is 121 Å². The molecule has 1 aromatic heterocycles. The number of halogens is 1. The lowest BCUT2D eigenvalue weighted by Crippen LogP contribution is -2.37. The number of nitrogens with one attached hydrogen (secondary N) is 1. The first-order valence-corrected chi connectivity index (χ1v) is 7.25. The van der Waals surface area contributed by atoms with Crippen molar-refractivity contribution in [1.29, 1.82) is 0 Å². The van der Waals surface area contributed by atoms with E-state index in [1.165, 1.54) is 17.0 Å². The van der Waals surface area contributed by atoms with Crippen LogP contribution in [-0.2, 0) is 11.2 Å². The predicted molar refractivity (Wildman–Crippen MR) is 77.5 cm³/mol. The van der Waals surface area contributed by atoms with Crippen LogP contribution < -0.4 is 10.1 Å². The fourth-order valence-electron chi connectivity index (χ4n) is 1.71. The molecule has 2 aromatic rings. The fraction of sp³-hybridized carbons (Fsp3) is 0.267. The summed E-state index contributed by atoms with van der Waals surface area (Å²) in [6, 6.07) is 9.78. The van der Waals surface area contributed by atoms with Gasteiger partial charge in [-0.1, -0.05) is 12.1 Å². The van der Waals surface area contributed by atoms with Gasteiger partial charge in [0.2, 0.25) is 0 Å². The zero-order valence-electron chi connectivity index (χ0n) is 11.1. The molecule has 1 atom stereocenters. The van der Waals surface area contributed by atoms with Crippen LogP contribution in [0.1, 0.15) is 11.8 Å². The summed E-state index contributed by atoms with van der Waals surface area (Å²) >= 11 is 1.66. The van der Waals surface area contributed by atoms with Gasteiger partial charge in [0.25, 0.3) is 5.91 Å². The summed E-state index contributed by atoms with van der Waals surface area (Å²) in [5.74, 6) is -0.232. The van der Waals surface area contributed by atoms with Crippen LogP contribution in [0.4, 0.5) is 4.39 Å². The van der Waals surface area contributed by atoms with Gasteiger partial charge in [-0.2, -0.15) is 0 Å². The third kappa shape index (κ3) is 4.35. The van der Waals surface area contributed by atoms with Crippen molar-refractivity contribution in [2.24, 2.45) is 0 Å². The van der Waals surface area contributed by atoms with Crippen LogP contribution >= 0.6 is 11.3 Å². The van der Waals surface area contributed by atoms with E-state index in [1.807, 2.05) is 17.5 Å². The summed E-state index contributed by atoms with van der Waals surface area (Å²) < 4.78 is 18.4. The van der Waals surface area contributed by atoms with E-state index in [0.717, 1.165) is 6.42 Å². The van der Waals surface area contributed by atoms with Crippen molar-refractivity contribution in [3.63, 3.8) is 0 Å². The number of benzene rings is 1. The average Bonchev–Trinajstić information content (AvgIpc) is 2.91. The molecule has 0 aliphatic rings. The number of ether oxygens (including phenoxy) is 1. The number of hydrogen-bond donors (Lipinski definition) is 1. The number of rotatable bonds is 6. The maximum absolute atomic E-state index is 13.0. The van der Waals surface area contributed by atoms with E-state index >= 15 is 0 Å². The first kappa shape index (κ1) is 14.5. The van der Waals surface area contributed by atoms with Crippen molar-refractivity contribution in [1.82, 2.24) is 5.32 Å². The molecule has 106 valence electrons. The molecule has 0 radical (unpaired) electrons. The van der Waals surface area contributed by atoms with Crippen molar-refractivity contribution in [3.8, 4) is 5.75 Å². The lowest BCUT2D eigenvalue weighted by atomic mass is 10.3. The van der Waals surface area contributed by atoms with E-state index in [-0.39, 0.29) is 11.7 Å². The van der Waals surface area contributed by atoms with Crippen LogP contribution in [0.25, 0.3) is 0 Å². The lowest BCUT2D eigenvalue weighted by molar-refractivity contribution is -0.127. The molecule has 2 rings (SSSR count). The Balaban J connectivity index is 1.77. The second kappa shape index (κ2) is 7.05. The van der Waals surface area contributed by atoms with Crippen LogP contribution in [0.15, 0.2) is 41.8 Å². The molecule has 1 heterocycles. The van der Waals surface area contributed by atoms with Crippen molar-refractivity contribution in [2.45, 2.75) is 19.4 Å². The van der Waals surface area contributed by atoms with Crippen molar-refractivity contribution in [2.75, 3.05) is 6.54 Å². The van der Waals surface area contributed by atoms with Gasteiger partial charge in [-0.3, -0.25) is 4.79 Å². The molecular formula is C15H16FNO2S. The highest BCUT2D eigenvalue weighted by molar-refractivity contribution is 7.09. The molecule has 0 aliphatic heterocycles. The van der Waals surface area contributed by atoms with Crippen LogP contribution in [0.5, 0.6) is 5.75 Å². The van der Waals surface area contributed by atoms with E-state index < -0.39 is 6.10 Å². The fourth-order valence-corrected chi connectivity index (χ4v) is 2.41. The quantitative estimate of drug-likeness (QED) is 0.889. The number of carbonyl (C=O) groups is 1. The maximum Gasteiger partial charge on any atom is 0.260 e. The highest BCUT2D eigenvalue weighted by atomic mass is 32.1. The highest BCUT2D eigenvalue weighted by Crippen LogP contribution is 2.14. The van der Waals surface area contributed by atoms with Gasteiger partial charge in [0, 0.05) is 17.5 Å². The Morgan fingerprint density at radius 1 is 1.40 bits per heavy atom. The van der Waals surface area contributed by atoms with Gasteiger partial charge < -0.3 is 10.1 Å². The molecule has 1 aromatic carbocycles. The van der Waals surface area contributed by atoms with Gasteiger partial charge in [-0.05, 0) is 36.9 Å². The lowest BCUT2D eigenvalue weighted by Gasteiger charge is -2.14. The monoisotopic (exact) mass is 293 g/mol. The largest absolute Gasteiger partial charge is 0.481 e. The molecule has 0 unspecified atom stereocenters. The van der Waals surface area contributed by atoms with E-state index in [1.54, 1.807) is 30.4 Å². The van der Waals surface area contributed by atoms with Crippen molar-refractivity contribution in [3.05, 3.63) is 52.5 Å². The first-order valence-electron chi connectivity index (χ1n) is 6.37. The summed E-state index contributed by atoms with van der Waals surface area (Å²) in [6.07, 6.45) is 0.149. The van der Waals surface area contributed by atoms with Gasteiger partial charge in [-0.15, -0.1) is 11.3 Å². The molecule has 1 N–H and O–H groups in total. The van der Waals surface area contributed by atoms with Gasteiger partial charge in [0.1, 0.15) is 11.6 Å². The van der Waals surface area contributed by atoms with E-state index in [9.17, 15) is 9.18 Å². The SMILES string of the molecule is C[C@H](Oc1cccc(F)c1)C(=O)NCCc1cccs1. The smallest absolute Gasteiger partial charge is 0.260 e. The predicted octanol–water partition coefficient (Wildman–Crippen LogP) is 3.01. The Morgan fingerprint density at radius 3 is 2.95 bits per heavy atom. The van der Waals surface area contributed by atoms with Crippen LogP contribution in [-0.4, -0.2) is 18.6 Å². The zero-order valence-corrected chi connectivity index (χ0v) is 12.0. The normalized spacial score (nSPS) is 11.9. The summed E-state index contributed by atoms with van der Waals surface area (Å²) in [6.45, 7) is 2.21. The zero-order chi connectivity index (χ0) is 14.4. The van der Waals surface area contributed by atoms with Crippen LogP contribution in [0, 0.1) is 5.82 Å². The number of thiophene rings is 1. The minimum Gasteiger partial charge on any atom is -0.481 e. The Morgan fingerprint density at radius 2 is 2.25 bits per heavy atom. The van der Waals surface area contributed by atoms with Gasteiger partial charge in [0.15, 0.2) is 6.10 Å². The van der Waals surface area contributed by atoms with E-state index in [2.05, 4.69) is 5.32 Å². The average molecular weight is 293 g/mol. The standard InChI is InChI=1S/C15H16FNO2S/c1-11(19-13-5-2-4-12(16)10-13)15(18)17-8-7-14-6-3-9-20-14/h2-6,9-11H,7-8H2,1H3,(H,17,18)/t11-/m0/s1. The van der Waals surface area contributed by atoms with Crippen LogP contribution in [0.2, 0.25) is 0 Å². The topological polar surface area (TPSA) is 38.3 Å². The maximum atomic E-state index is 13.0. The molecule has 0 saturated heterocycles. The summed E-state index contributed by atoms with van der Waals surface area (Å²) in [5, 5.41) is 4.81. The number of hydrogen-bond acceptors (Lipinski definition) is 3. The van der Waals surface area contributed by atoms with Crippen molar-refractivity contribution < 1.29 is 13.9 Å². The second-order valence-corrected chi connectivity index (χ2v) is 5.37.